The van der Waals surface area contributed by atoms with Gasteiger partial charge in [-0.15, -0.1) is 0 Å². The number of aliphatic hydroxyl groups is 1. The summed E-state index contributed by atoms with van der Waals surface area (Å²) in [5, 5.41) is 8.19. The molecule has 0 bridgehead atoms. The summed E-state index contributed by atoms with van der Waals surface area (Å²) in [6.45, 7) is 8.01. The van der Waals surface area contributed by atoms with Crippen LogP contribution < -0.4 is 0 Å². The highest BCUT2D eigenvalue weighted by atomic mass is 16.5. The van der Waals surface area contributed by atoms with E-state index in [0.29, 0.717) is 5.57 Å². The Balaban J connectivity index is 0. The van der Waals surface area contributed by atoms with Crippen molar-refractivity contribution in [1.29, 1.82) is 0 Å². The highest BCUT2D eigenvalue weighted by Gasteiger charge is 1.99. The number of rotatable bonds is 11. The van der Waals surface area contributed by atoms with Gasteiger partial charge >= 0.3 is 5.97 Å². The van der Waals surface area contributed by atoms with Crippen LogP contribution in [0.2, 0.25) is 0 Å². The Labute approximate surface area is 124 Å². The summed E-state index contributed by atoms with van der Waals surface area (Å²) in [4.78, 5) is 10.5. The molecule has 4 heteroatoms. The maximum atomic E-state index is 10.5. The van der Waals surface area contributed by atoms with Crippen molar-refractivity contribution in [1.82, 2.24) is 0 Å². The van der Waals surface area contributed by atoms with Crippen molar-refractivity contribution >= 4 is 5.97 Å². The molecule has 20 heavy (non-hydrogen) atoms. The van der Waals surface area contributed by atoms with Crippen LogP contribution >= 0.6 is 0 Å². The molecule has 0 radical (unpaired) electrons. The summed E-state index contributed by atoms with van der Waals surface area (Å²) in [6, 6.07) is 0. The number of ether oxygens (including phenoxy) is 2. The summed E-state index contributed by atoms with van der Waals surface area (Å²) in [6.07, 6.45) is 9.56. The number of unbranched alkanes of at least 4 members (excludes halogenated alkanes) is 6. The number of carbonyl (C=O) groups excluding carboxylic acids is 1. The molecule has 0 aliphatic heterocycles. The van der Waals surface area contributed by atoms with Crippen molar-refractivity contribution in [3.8, 4) is 0 Å². The van der Waals surface area contributed by atoms with Gasteiger partial charge in [-0.1, -0.05) is 52.0 Å². The monoisotopic (exact) mass is 288 g/mol. The standard InChI is InChI=1S/C10H22O.C6H10O3/c1-3-4-5-6-7-8-9-10-11-2;1-5(2)6(8)9-4-3-7/h3-10H2,1-2H3;7H,1,3-4H2,2H3. The van der Waals surface area contributed by atoms with Gasteiger partial charge in [0.15, 0.2) is 0 Å². The lowest BCUT2D eigenvalue weighted by atomic mass is 10.1. The van der Waals surface area contributed by atoms with Crippen molar-refractivity contribution in [2.75, 3.05) is 26.9 Å². The van der Waals surface area contributed by atoms with E-state index in [-0.39, 0.29) is 13.2 Å². The molecule has 0 saturated heterocycles. The maximum Gasteiger partial charge on any atom is 0.333 e. The van der Waals surface area contributed by atoms with Crippen LogP contribution in [-0.4, -0.2) is 38.0 Å². The zero-order chi connectivity index (χ0) is 15.6. The van der Waals surface area contributed by atoms with Crippen LogP contribution in [0, 0.1) is 0 Å². The lowest BCUT2D eigenvalue weighted by Crippen LogP contribution is -2.08. The van der Waals surface area contributed by atoms with Crippen LogP contribution in [0.3, 0.4) is 0 Å². The maximum absolute atomic E-state index is 10.5. The Morgan fingerprint density at radius 1 is 1.05 bits per heavy atom. The van der Waals surface area contributed by atoms with Crippen LogP contribution in [0.1, 0.15) is 58.8 Å². The largest absolute Gasteiger partial charge is 0.460 e. The number of hydrogen-bond donors (Lipinski definition) is 1. The van der Waals surface area contributed by atoms with E-state index in [1.807, 2.05) is 0 Å². The van der Waals surface area contributed by atoms with Gasteiger partial charge in [-0.25, -0.2) is 4.79 Å². The molecule has 0 rings (SSSR count). The molecule has 0 aromatic rings. The first-order valence-electron chi connectivity index (χ1n) is 7.52. The summed E-state index contributed by atoms with van der Waals surface area (Å²) < 4.78 is 9.43. The van der Waals surface area contributed by atoms with E-state index in [4.69, 9.17) is 9.84 Å². The normalized spacial score (nSPS) is 9.60. The molecule has 0 aliphatic rings. The molecule has 0 amide bonds. The quantitative estimate of drug-likeness (QED) is 0.359. The predicted octanol–water partition coefficient (Wildman–Crippen LogP) is 3.48. The van der Waals surface area contributed by atoms with Crippen molar-refractivity contribution in [2.45, 2.75) is 58.8 Å². The lowest BCUT2D eigenvalue weighted by molar-refractivity contribution is -0.139. The average Bonchev–Trinajstić information content (AvgIpc) is 2.44. The van der Waals surface area contributed by atoms with Gasteiger partial charge in [0.25, 0.3) is 0 Å². The minimum absolute atomic E-state index is 0.0473. The molecule has 0 spiro atoms. The van der Waals surface area contributed by atoms with E-state index < -0.39 is 5.97 Å². The van der Waals surface area contributed by atoms with Crippen molar-refractivity contribution in [2.24, 2.45) is 0 Å². The Morgan fingerprint density at radius 2 is 1.60 bits per heavy atom. The third-order valence-corrected chi connectivity index (χ3v) is 2.62. The first-order chi connectivity index (χ1) is 9.59. The Kier molecular flexibility index (Phi) is 19.4. The second kappa shape index (κ2) is 18.1. The van der Waals surface area contributed by atoms with Crippen molar-refractivity contribution in [3.05, 3.63) is 12.2 Å². The van der Waals surface area contributed by atoms with E-state index in [0.717, 1.165) is 6.61 Å². The van der Waals surface area contributed by atoms with Crippen LogP contribution in [-0.2, 0) is 14.3 Å². The van der Waals surface area contributed by atoms with E-state index in [1.165, 1.54) is 44.9 Å². The predicted molar refractivity (Wildman–Crippen MR) is 82.7 cm³/mol. The summed E-state index contributed by atoms with van der Waals surface area (Å²) in [5.41, 5.74) is 0.350. The number of esters is 1. The van der Waals surface area contributed by atoms with E-state index in [2.05, 4.69) is 18.2 Å². The fraction of sp³-hybridized carbons (Fsp3) is 0.812. The van der Waals surface area contributed by atoms with Crippen LogP contribution in [0.25, 0.3) is 0 Å². The van der Waals surface area contributed by atoms with Crippen molar-refractivity contribution in [3.63, 3.8) is 0 Å². The van der Waals surface area contributed by atoms with Gasteiger partial charge in [-0.2, -0.15) is 0 Å². The summed E-state index contributed by atoms with van der Waals surface area (Å²) in [7, 11) is 1.77. The zero-order valence-electron chi connectivity index (χ0n) is 13.5. The highest BCUT2D eigenvalue weighted by molar-refractivity contribution is 5.86. The SMILES string of the molecule is C=C(C)C(=O)OCCO.CCCCCCCCCOC. The van der Waals surface area contributed by atoms with Gasteiger partial charge in [0.1, 0.15) is 6.61 Å². The molecule has 0 aromatic carbocycles. The van der Waals surface area contributed by atoms with Gasteiger partial charge in [0.05, 0.1) is 6.61 Å². The zero-order valence-corrected chi connectivity index (χ0v) is 13.5. The Bertz CT molecular complexity index is 219. The first-order valence-corrected chi connectivity index (χ1v) is 7.52. The number of hydrogen-bond acceptors (Lipinski definition) is 4. The minimum Gasteiger partial charge on any atom is -0.460 e. The number of methoxy groups -OCH3 is 1. The molecule has 0 saturated carbocycles. The van der Waals surface area contributed by atoms with E-state index >= 15 is 0 Å². The number of carbonyl (C=O) groups is 1. The van der Waals surface area contributed by atoms with Gasteiger partial charge in [0, 0.05) is 19.3 Å². The lowest BCUT2D eigenvalue weighted by Gasteiger charge is -1.99. The number of aliphatic hydroxyl groups excluding tert-OH is 1. The minimum atomic E-state index is -0.455. The Morgan fingerprint density at radius 3 is 2.05 bits per heavy atom. The molecular formula is C16H32O4. The molecule has 4 nitrogen and oxygen atoms in total. The molecule has 120 valence electrons. The molecule has 1 N–H and O–H groups in total. The van der Waals surface area contributed by atoms with Gasteiger partial charge < -0.3 is 14.6 Å². The smallest absolute Gasteiger partial charge is 0.333 e. The van der Waals surface area contributed by atoms with Crippen LogP contribution in [0.4, 0.5) is 0 Å². The molecule has 0 unspecified atom stereocenters. The van der Waals surface area contributed by atoms with Gasteiger partial charge in [-0.05, 0) is 13.3 Å². The van der Waals surface area contributed by atoms with Crippen LogP contribution in [0.15, 0.2) is 12.2 Å². The third-order valence-electron chi connectivity index (χ3n) is 2.62. The summed E-state index contributed by atoms with van der Waals surface area (Å²) >= 11 is 0. The molecular weight excluding hydrogens is 256 g/mol. The molecule has 0 fully saturated rings. The molecule has 0 atom stereocenters. The van der Waals surface area contributed by atoms with Crippen LogP contribution in [0.5, 0.6) is 0 Å². The average molecular weight is 288 g/mol. The fourth-order valence-corrected chi connectivity index (χ4v) is 1.47. The molecule has 0 aliphatic carbocycles. The van der Waals surface area contributed by atoms with E-state index in [9.17, 15) is 4.79 Å². The second-order valence-corrected chi connectivity index (χ2v) is 4.75. The molecule has 0 aromatic heterocycles. The fourth-order valence-electron chi connectivity index (χ4n) is 1.47. The van der Waals surface area contributed by atoms with Crippen molar-refractivity contribution < 1.29 is 19.4 Å². The highest BCUT2D eigenvalue weighted by Crippen LogP contribution is 2.06. The first kappa shape index (κ1) is 21.4. The topological polar surface area (TPSA) is 55.8 Å². The summed E-state index contributed by atoms with van der Waals surface area (Å²) in [5.74, 6) is -0.455. The Hall–Kier alpha value is -0.870. The van der Waals surface area contributed by atoms with Gasteiger partial charge in [-0.3, -0.25) is 0 Å². The third kappa shape index (κ3) is 19.5. The van der Waals surface area contributed by atoms with E-state index in [1.54, 1.807) is 14.0 Å². The molecule has 0 heterocycles. The van der Waals surface area contributed by atoms with Gasteiger partial charge in [0.2, 0.25) is 0 Å². The second-order valence-electron chi connectivity index (χ2n) is 4.75.